The highest BCUT2D eigenvalue weighted by Gasteiger charge is 2.15. The van der Waals surface area contributed by atoms with Crippen LogP contribution in [-0.4, -0.2) is 56.7 Å². The summed E-state index contributed by atoms with van der Waals surface area (Å²) in [7, 11) is 0. The molecule has 6 heteroatoms. The van der Waals surface area contributed by atoms with E-state index in [1.54, 1.807) is 0 Å². The van der Waals surface area contributed by atoms with Gasteiger partial charge in [0.05, 0.1) is 6.61 Å². The lowest BCUT2D eigenvalue weighted by Crippen LogP contribution is -2.18. The van der Waals surface area contributed by atoms with Crippen LogP contribution in [0.1, 0.15) is 6.92 Å². The molecule has 2 unspecified atom stereocenters. The van der Waals surface area contributed by atoms with Crippen molar-refractivity contribution in [3.05, 3.63) is 0 Å². The molecule has 0 radical (unpaired) electrons. The molecule has 0 aromatic rings. The Morgan fingerprint density at radius 3 is 2.06 bits per heavy atom. The Morgan fingerprint density at radius 1 is 1.06 bits per heavy atom. The first-order chi connectivity index (χ1) is 7.78. The molecule has 0 rings (SSSR count). The van der Waals surface area contributed by atoms with Crippen LogP contribution in [0.4, 0.5) is 0 Å². The second kappa shape index (κ2) is 13.1. The van der Waals surface area contributed by atoms with Crippen molar-refractivity contribution in [3.63, 3.8) is 0 Å². The van der Waals surface area contributed by atoms with E-state index in [1.165, 1.54) is 11.5 Å². The van der Waals surface area contributed by atoms with Crippen LogP contribution < -0.4 is 0 Å². The van der Waals surface area contributed by atoms with E-state index >= 15 is 0 Å². The van der Waals surface area contributed by atoms with Gasteiger partial charge in [0.2, 0.25) is 0 Å². The maximum absolute atomic E-state index is 8.73. The highest BCUT2D eigenvalue weighted by molar-refractivity contribution is 8.06. The summed E-state index contributed by atoms with van der Waals surface area (Å²) in [5.74, 6) is 6.11. The van der Waals surface area contributed by atoms with Crippen molar-refractivity contribution in [2.45, 2.75) is 17.4 Å². The van der Waals surface area contributed by atoms with E-state index in [2.05, 4.69) is 32.2 Å². The van der Waals surface area contributed by atoms with Gasteiger partial charge >= 0.3 is 0 Å². The summed E-state index contributed by atoms with van der Waals surface area (Å²) >= 11 is 14.6. The van der Waals surface area contributed by atoms with Crippen LogP contribution in [0.3, 0.4) is 0 Å². The standard InChI is InChI=1S/C10H22OS5/c1-2-14-7-9(5-12)16-10(6-13)8-15-4-3-11/h9-13H,2-8H2,1H3. The zero-order chi connectivity index (χ0) is 12.2. The predicted octanol–water partition coefficient (Wildman–Crippen LogP) is 2.80. The van der Waals surface area contributed by atoms with Gasteiger partial charge in [-0.15, -0.1) is 0 Å². The monoisotopic (exact) mass is 318 g/mol. The molecule has 0 saturated heterocycles. The third-order valence-corrected chi connectivity index (χ3v) is 7.23. The Labute approximate surface area is 123 Å². The fourth-order valence-corrected chi connectivity index (χ4v) is 5.41. The van der Waals surface area contributed by atoms with Crippen molar-refractivity contribution in [2.24, 2.45) is 0 Å². The fourth-order valence-electron chi connectivity index (χ4n) is 1.07. The maximum atomic E-state index is 8.73. The molecule has 0 aliphatic carbocycles. The zero-order valence-electron chi connectivity index (χ0n) is 9.67. The number of thiol groups is 2. The van der Waals surface area contributed by atoms with E-state index in [0.29, 0.717) is 10.5 Å². The molecule has 0 aromatic carbocycles. The minimum Gasteiger partial charge on any atom is -0.396 e. The van der Waals surface area contributed by atoms with E-state index in [4.69, 9.17) is 5.11 Å². The first-order valence-electron chi connectivity index (χ1n) is 5.41. The normalized spacial score (nSPS) is 15.0. The quantitative estimate of drug-likeness (QED) is 0.402. The largest absolute Gasteiger partial charge is 0.396 e. The summed E-state index contributed by atoms with van der Waals surface area (Å²) < 4.78 is 0. The highest BCUT2D eigenvalue weighted by atomic mass is 32.2. The van der Waals surface area contributed by atoms with Gasteiger partial charge in [-0.25, -0.2) is 0 Å². The average Bonchev–Trinajstić information content (AvgIpc) is 2.32. The molecular weight excluding hydrogens is 296 g/mol. The molecule has 0 aromatic heterocycles. The summed E-state index contributed by atoms with van der Waals surface area (Å²) in [5.41, 5.74) is 0. The summed E-state index contributed by atoms with van der Waals surface area (Å²) in [4.78, 5) is 0. The zero-order valence-corrected chi connectivity index (χ0v) is 13.9. The van der Waals surface area contributed by atoms with E-state index < -0.39 is 0 Å². The Kier molecular flexibility index (Phi) is 14.6. The first-order valence-corrected chi connectivity index (χ1v) is 9.93. The number of thioether (sulfide) groups is 3. The van der Waals surface area contributed by atoms with Crippen molar-refractivity contribution in [3.8, 4) is 0 Å². The first kappa shape index (κ1) is 17.7. The SMILES string of the molecule is CCSCC(CS)SC(CS)CSCCO. The van der Waals surface area contributed by atoms with E-state index in [1.807, 2.05) is 35.3 Å². The topological polar surface area (TPSA) is 20.2 Å². The molecule has 1 nitrogen and oxygen atoms in total. The van der Waals surface area contributed by atoms with Gasteiger partial charge < -0.3 is 5.11 Å². The van der Waals surface area contributed by atoms with Crippen LogP contribution in [0.5, 0.6) is 0 Å². The molecular formula is C10H22OS5. The van der Waals surface area contributed by atoms with Crippen LogP contribution in [0.25, 0.3) is 0 Å². The van der Waals surface area contributed by atoms with E-state index in [0.717, 1.165) is 23.0 Å². The molecule has 16 heavy (non-hydrogen) atoms. The van der Waals surface area contributed by atoms with Crippen LogP contribution >= 0.6 is 60.5 Å². The van der Waals surface area contributed by atoms with Crippen molar-refractivity contribution < 1.29 is 5.11 Å². The van der Waals surface area contributed by atoms with Crippen LogP contribution in [0, 0.1) is 0 Å². The smallest absolute Gasteiger partial charge is 0.0521 e. The van der Waals surface area contributed by atoms with Crippen molar-refractivity contribution in [1.82, 2.24) is 0 Å². The Hall–Kier alpha value is 1.71. The Morgan fingerprint density at radius 2 is 1.62 bits per heavy atom. The third-order valence-electron chi connectivity index (χ3n) is 1.84. The molecule has 0 bridgehead atoms. The maximum Gasteiger partial charge on any atom is 0.0521 e. The molecule has 98 valence electrons. The lowest BCUT2D eigenvalue weighted by Gasteiger charge is -2.20. The van der Waals surface area contributed by atoms with Crippen LogP contribution in [-0.2, 0) is 0 Å². The van der Waals surface area contributed by atoms with Gasteiger partial charge in [0.15, 0.2) is 0 Å². The fraction of sp³-hybridized carbons (Fsp3) is 1.00. The summed E-state index contributed by atoms with van der Waals surface area (Å²) in [6.45, 7) is 2.47. The molecule has 0 aliphatic rings. The number of aliphatic hydroxyl groups excluding tert-OH is 1. The summed E-state index contributed by atoms with van der Waals surface area (Å²) in [6.07, 6.45) is 0. The van der Waals surface area contributed by atoms with Crippen molar-refractivity contribution in [2.75, 3.05) is 41.1 Å². The third kappa shape index (κ3) is 9.71. The van der Waals surface area contributed by atoms with E-state index in [9.17, 15) is 0 Å². The number of aliphatic hydroxyl groups is 1. The van der Waals surface area contributed by atoms with Gasteiger partial charge in [-0.05, 0) is 5.75 Å². The Balaban J connectivity index is 3.77. The summed E-state index contributed by atoms with van der Waals surface area (Å²) in [6, 6.07) is 0. The van der Waals surface area contributed by atoms with Crippen LogP contribution in [0.15, 0.2) is 0 Å². The minimum atomic E-state index is 0.274. The molecule has 0 amide bonds. The van der Waals surface area contributed by atoms with Gasteiger partial charge in [0.25, 0.3) is 0 Å². The van der Waals surface area contributed by atoms with Crippen molar-refractivity contribution >= 4 is 60.5 Å². The predicted molar refractivity (Wildman–Crippen MR) is 90.3 cm³/mol. The van der Waals surface area contributed by atoms with Gasteiger partial charge in [0.1, 0.15) is 0 Å². The lowest BCUT2D eigenvalue weighted by molar-refractivity contribution is 0.322. The average molecular weight is 319 g/mol. The molecule has 0 aliphatic heterocycles. The molecule has 1 N–H and O–H groups in total. The van der Waals surface area contributed by atoms with E-state index in [-0.39, 0.29) is 6.61 Å². The number of hydrogen-bond donors (Lipinski definition) is 3. The van der Waals surface area contributed by atoms with Crippen molar-refractivity contribution in [1.29, 1.82) is 0 Å². The second-order valence-electron chi connectivity index (χ2n) is 3.20. The Bertz CT molecular complexity index is 147. The van der Waals surface area contributed by atoms with Gasteiger partial charge in [-0.1, -0.05) is 6.92 Å². The highest BCUT2D eigenvalue weighted by Crippen LogP contribution is 2.26. The molecule has 0 heterocycles. The van der Waals surface area contributed by atoms with Gasteiger partial charge in [-0.2, -0.15) is 60.5 Å². The molecule has 2 atom stereocenters. The molecule has 0 fully saturated rings. The lowest BCUT2D eigenvalue weighted by atomic mass is 10.5. The summed E-state index contributed by atoms with van der Waals surface area (Å²) in [5, 5.41) is 9.94. The minimum absolute atomic E-state index is 0.274. The number of hydrogen-bond acceptors (Lipinski definition) is 6. The van der Waals surface area contributed by atoms with Crippen LogP contribution in [0.2, 0.25) is 0 Å². The van der Waals surface area contributed by atoms with Gasteiger partial charge in [0, 0.05) is 39.3 Å². The van der Waals surface area contributed by atoms with Gasteiger partial charge in [-0.3, -0.25) is 0 Å². The molecule has 0 spiro atoms. The molecule has 0 saturated carbocycles. The number of rotatable bonds is 11. The second-order valence-corrected chi connectivity index (χ2v) is 8.01.